The molecular weight excluding hydrogens is 396 g/mol. The average molecular weight is 423 g/mol. The van der Waals surface area contributed by atoms with E-state index >= 15 is 0 Å². The lowest BCUT2D eigenvalue weighted by atomic mass is 10.2. The van der Waals surface area contributed by atoms with Crippen molar-refractivity contribution in [2.24, 2.45) is 0 Å². The van der Waals surface area contributed by atoms with Gasteiger partial charge in [-0.1, -0.05) is 6.07 Å². The number of aromatic amines is 1. The highest BCUT2D eigenvalue weighted by Gasteiger charge is 2.04. The summed E-state index contributed by atoms with van der Waals surface area (Å²) in [7, 11) is 0. The van der Waals surface area contributed by atoms with Crippen molar-refractivity contribution in [3.05, 3.63) is 69.4 Å². The SMILES string of the molecule is Cc1cccnc1CSCCN/C(=C/[N+](=O)[O-])NCCSCc1nc[nH]c1C. The summed E-state index contributed by atoms with van der Waals surface area (Å²) in [6.07, 6.45) is 4.48. The maximum absolute atomic E-state index is 10.8. The molecule has 2 rings (SSSR count). The number of aromatic nitrogens is 3. The molecule has 10 heteroatoms. The summed E-state index contributed by atoms with van der Waals surface area (Å²) in [4.78, 5) is 22.1. The molecule has 0 aromatic carbocycles. The van der Waals surface area contributed by atoms with Crippen LogP contribution in [0.5, 0.6) is 0 Å². The number of nitrogens with zero attached hydrogens (tertiary/aromatic N) is 3. The monoisotopic (exact) mass is 422 g/mol. The first-order valence-corrected chi connectivity index (χ1v) is 11.2. The molecular formula is C18H26N6O2S2. The molecule has 0 aliphatic rings. The summed E-state index contributed by atoms with van der Waals surface area (Å²) in [6, 6.07) is 3.98. The number of hydrogen-bond acceptors (Lipinski definition) is 8. The molecule has 0 radical (unpaired) electrons. The van der Waals surface area contributed by atoms with Gasteiger partial charge in [-0.25, -0.2) is 4.98 Å². The first-order valence-electron chi connectivity index (χ1n) is 8.94. The van der Waals surface area contributed by atoms with Crippen LogP contribution in [-0.4, -0.2) is 44.5 Å². The van der Waals surface area contributed by atoms with E-state index in [4.69, 9.17) is 0 Å². The van der Waals surface area contributed by atoms with E-state index < -0.39 is 4.92 Å². The topological polar surface area (TPSA) is 109 Å². The van der Waals surface area contributed by atoms with Crippen molar-refractivity contribution in [1.82, 2.24) is 25.6 Å². The lowest BCUT2D eigenvalue weighted by molar-refractivity contribution is -0.404. The highest BCUT2D eigenvalue weighted by Crippen LogP contribution is 2.13. The molecule has 2 aromatic heterocycles. The van der Waals surface area contributed by atoms with Gasteiger partial charge in [0.2, 0.25) is 0 Å². The number of nitrogens with one attached hydrogen (secondary N) is 3. The highest BCUT2D eigenvalue weighted by molar-refractivity contribution is 7.98. The average Bonchev–Trinajstić information content (AvgIpc) is 3.06. The van der Waals surface area contributed by atoms with Crippen LogP contribution in [0.2, 0.25) is 0 Å². The molecule has 3 N–H and O–H groups in total. The first kappa shape index (κ1) is 22.1. The van der Waals surface area contributed by atoms with Crippen molar-refractivity contribution in [2.45, 2.75) is 25.4 Å². The summed E-state index contributed by atoms with van der Waals surface area (Å²) >= 11 is 3.49. The third-order valence-electron chi connectivity index (χ3n) is 3.89. The predicted molar refractivity (Wildman–Crippen MR) is 116 cm³/mol. The molecule has 152 valence electrons. The summed E-state index contributed by atoms with van der Waals surface area (Å²) < 4.78 is 0. The molecule has 0 atom stereocenters. The van der Waals surface area contributed by atoms with Gasteiger partial charge in [-0.2, -0.15) is 23.5 Å². The maximum atomic E-state index is 10.8. The van der Waals surface area contributed by atoms with Crippen LogP contribution in [0.1, 0.15) is 22.6 Å². The number of H-pyrrole nitrogens is 1. The Kier molecular flexibility index (Phi) is 9.70. The lowest BCUT2D eigenvalue weighted by Gasteiger charge is -2.11. The normalized spacial score (nSPS) is 11.4. The molecule has 0 aliphatic heterocycles. The van der Waals surface area contributed by atoms with Crippen LogP contribution in [-0.2, 0) is 11.5 Å². The Bertz CT molecular complexity index is 781. The summed E-state index contributed by atoms with van der Waals surface area (Å²) in [5, 5.41) is 17.0. The van der Waals surface area contributed by atoms with Crippen LogP contribution < -0.4 is 10.6 Å². The second-order valence-electron chi connectivity index (χ2n) is 6.03. The van der Waals surface area contributed by atoms with Crippen LogP contribution in [0.25, 0.3) is 0 Å². The lowest BCUT2D eigenvalue weighted by Crippen LogP contribution is -2.30. The fraction of sp³-hybridized carbons (Fsp3) is 0.444. The van der Waals surface area contributed by atoms with Gasteiger partial charge in [-0.3, -0.25) is 15.1 Å². The number of imidazole rings is 1. The minimum Gasteiger partial charge on any atom is -0.366 e. The molecule has 0 bridgehead atoms. The number of rotatable bonds is 13. The van der Waals surface area contributed by atoms with Crippen LogP contribution in [0.15, 0.2) is 36.7 Å². The van der Waals surface area contributed by atoms with E-state index in [1.54, 1.807) is 36.0 Å². The second-order valence-corrected chi connectivity index (χ2v) is 8.24. The Morgan fingerprint density at radius 3 is 2.43 bits per heavy atom. The molecule has 0 amide bonds. The van der Waals surface area contributed by atoms with Crippen molar-refractivity contribution >= 4 is 23.5 Å². The Hall–Kier alpha value is -2.20. The van der Waals surface area contributed by atoms with Gasteiger partial charge in [0.05, 0.1) is 22.6 Å². The summed E-state index contributed by atoms with van der Waals surface area (Å²) in [6.45, 7) is 5.33. The van der Waals surface area contributed by atoms with Gasteiger partial charge in [-0.05, 0) is 25.5 Å². The van der Waals surface area contributed by atoms with E-state index in [-0.39, 0.29) is 0 Å². The van der Waals surface area contributed by atoms with Gasteiger partial charge >= 0.3 is 0 Å². The van der Waals surface area contributed by atoms with Crippen LogP contribution in [0.3, 0.4) is 0 Å². The maximum Gasteiger partial charge on any atom is 0.274 e. The molecule has 8 nitrogen and oxygen atoms in total. The zero-order valence-electron chi connectivity index (χ0n) is 16.1. The third-order valence-corrected chi connectivity index (χ3v) is 5.83. The van der Waals surface area contributed by atoms with Gasteiger partial charge < -0.3 is 15.6 Å². The molecule has 0 saturated carbocycles. The summed E-state index contributed by atoms with van der Waals surface area (Å²) in [5.41, 5.74) is 4.38. The van der Waals surface area contributed by atoms with Gasteiger partial charge in [0.25, 0.3) is 6.20 Å². The van der Waals surface area contributed by atoms with Crippen LogP contribution >= 0.6 is 23.5 Å². The minimum atomic E-state index is -0.444. The molecule has 0 aliphatic carbocycles. The Morgan fingerprint density at radius 1 is 1.18 bits per heavy atom. The standard InChI is InChI=1S/C18H26N6O2S2/c1-14-4-3-5-19-16(14)11-27-8-6-20-18(10-24(25)26)21-7-9-28-12-17-15(2)22-13-23-17/h3-5,10,13,20-21H,6-9,11-12H2,1-2H3,(H,22,23)/b18-10-. The van der Waals surface area contributed by atoms with Crippen molar-refractivity contribution < 1.29 is 4.92 Å². The number of thioether (sulfide) groups is 2. The Balaban J connectivity index is 1.63. The number of nitro groups is 1. The quantitative estimate of drug-likeness (QED) is 0.257. The van der Waals surface area contributed by atoms with Gasteiger partial charge in [0, 0.05) is 48.0 Å². The van der Waals surface area contributed by atoms with Gasteiger partial charge in [-0.15, -0.1) is 0 Å². The second kappa shape index (κ2) is 12.3. The highest BCUT2D eigenvalue weighted by atomic mass is 32.2. The number of pyridine rings is 1. The molecule has 28 heavy (non-hydrogen) atoms. The van der Waals surface area contributed by atoms with E-state index in [9.17, 15) is 10.1 Å². The van der Waals surface area contributed by atoms with Gasteiger partial charge in [0.15, 0.2) is 5.82 Å². The molecule has 0 unspecified atom stereocenters. The smallest absolute Gasteiger partial charge is 0.274 e. The van der Waals surface area contributed by atoms with E-state index in [0.717, 1.165) is 46.3 Å². The van der Waals surface area contributed by atoms with Crippen LogP contribution in [0, 0.1) is 24.0 Å². The molecule has 0 saturated heterocycles. The van der Waals surface area contributed by atoms with Crippen molar-refractivity contribution in [2.75, 3.05) is 24.6 Å². The Morgan fingerprint density at radius 2 is 1.86 bits per heavy atom. The van der Waals surface area contributed by atoms with Crippen molar-refractivity contribution in [3.63, 3.8) is 0 Å². The number of aryl methyl sites for hydroxylation is 2. The molecule has 2 aromatic rings. The molecule has 0 spiro atoms. The van der Waals surface area contributed by atoms with Gasteiger partial charge in [0.1, 0.15) is 0 Å². The van der Waals surface area contributed by atoms with Crippen molar-refractivity contribution in [1.29, 1.82) is 0 Å². The van der Waals surface area contributed by atoms with E-state index in [0.29, 0.717) is 18.9 Å². The predicted octanol–water partition coefficient (Wildman–Crippen LogP) is 2.84. The zero-order valence-corrected chi connectivity index (χ0v) is 17.7. The van der Waals surface area contributed by atoms with E-state index in [1.165, 1.54) is 5.56 Å². The van der Waals surface area contributed by atoms with E-state index in [1.807, 2.05) is 13.0 Å². The number of hydrogen-bond donors (Lipinski definition) is 3. The molecule has 2 heterocycles. The fourth-order valence-corrected chi connectivity index (χ4v) is 4.08. The van der Waals surface area contributed by atoms with Crippen LogP contribution in [0.4, 0.5) is 0 Å². The Labute approximate surface area is 173 Å². The third kappa shape index (κ3) is 8.22. The van der Waals surface area contributed by atoms with Crippen molar-refractivity contribution in [3.8, 4) is 0 Å². The fourth-order valence-electron chi connectivity index (χ4n) is 2.31. The minimum absolute atomic E-state index is 0.441. The largest absolute Gasteiger partial charge is 0.366 e. The summed E-state index contributed by atoms with van der Waals surface area (Å²) in [5.74, 6) is 3.76. The first-order chi connectivity index (χ1) is 13.6. The zero-order chi connectivity index (χ0) is 20.2. The van der Waals surface area contributed by atoms with E-state index in [2.05, 4.69) is 38.6 Å². The molecule has 0 fully saturated rings.